The van der Waals surface area contributed by atoms with Gasteiger partial charge in [0, 0.05) is 81.7 Å². The van der Waals surface area contributed by atoms with Gasteiger partial charge >= 0.3 is 0 Å². The van der Waals surface area contributed by atoms with Crippen LogP contribution in [0, 0.1) is 0 Å². The van der Waals surface area contributed by atoms with Gasteiger partial charge in [-0.3, -0.25) is 24.3 Å². The lowest BCUT2D eigenvalue weighted by Gasteiger charge is -2.42. The van der Waals surface area contributed by atoms with Crippen molar-refractivity contribution in [3.63, 3.8) is 0 Å². The van der Waals surface area contributed by atoms with Crippen molar-refractivity contribution in [2.45, 2.75) is 38.1 Å². The second kappa shape index (κ2) is 8.80. The van der Waals surface area contributed by atoms with Crippen molar-refractivity contribution in [3.05, 3.63) is 78.1 Å². The Bertz CT molecular complexity index is 1060. The summed E-state index contributed by atoms with van der Waals surface area (Å²) >= 11 is 0. The van der Waals surface area contributed by atoms with Crippen molar-refractivity contribution in [2.24, 2.45) is 0 Å². The van der Waals surface area contributed by atoms with Crippen LogP contribution in [0.3, 0.4) is 0 Å². The summed E-state index contributed by atoms with van der Waals surface area (Å²) in [4.78, 5) is 26.6. The van der Waals surface area contributed by atoms with Crippen molar-refractivity contribution in [3.8, 4) is 0 Å². The van der Waals surface area contributed by atoms with E-state index >= 15 is 0 Å². The number of carbonyl (C=O) groups excluding carboxylic acids is 1. The zero-order chi connectivity index (χ0) is 22.0. The third kappa shape index (κ3) is 3.91. The van der Waals surface area contributed by atoms with Crippen LogP contribution in [-0.4, -0.2) is 67.3 Å². The highest BCUT2D eigenvalue weighted by Gasteiger charge is 2.57. The molecular weight excluding hydrogens is 404 g/mol. The fourth-order valence-corrected chi connectivity index (χ4v) is 4.90. The molecule has 0 aliphatic carbocycles. The molecule has 5 heterocycles. The summed E-state index contributed by atoms with van der Waals surface area (Å²) in [5.41, 5.74) is 2.35. The van der Waals surface area contributed by atoms with Crippen molar-refractivity contribution in [1.82, 2.24) is 29.5 Å². The molecular formula is C24H28N6O2. The van der Waals surface area contributed by atoms with Gasteiger partial charge in [-0.25, -0.2) is 0 Å². The van der Waals surface area contributed by atoms with Crippen LogP contribution >= 0.6 is 0 Å². The lowest BCUT2D eigenvalue weighted by Crippen LogP contribution is -2.59. The normalized spacial score (nSPS) is 23.8. The van der Waals surface area contributed by atoms with Crippen molar-refractivity contribution < 1.29 is 9.53 Å². The number of likely N-dealkylation sites (tertiary alicyclic amines) is 1. The zero-order valence-electron chi connectivity index (χ0n) is 18.3. The molecule has 0 bridgehead atoms. The van der Waals surface area contributed by atoms with E-state index in [9.17, 15) is 4.79 Å². The Labute approximate surface area is 187 Å². The molecule has 0 radical (unpaired) electrons. The Kier molecular flexibility index (Phi) is 5.71. The van der Waals surface area contributed by atoms with Gasteiger partial charge < -0.3 is 9.64 Å². The topological polar surface area (TPSA) is 76.4 Å². The molecule has 2 saturated heterocycles. The minimum Gasteiger partial charge on any atom is -0.361 e. The Morgan fingerprint density at radius 1 is 1.09 bits per heavy atom. The highest BCUT2D eigenvalue weighted by molar-refractivity contribution is 5.88. The van der Waals surface area contributed by atoms with Gasteiger partial charge in [0.1, 0.15) is 0 Å². The van der Waals surface area contributed by atoms with E-state index in [0.717, 1.165) is 36.3 Å². The monoisotopic (exact) mass is 432 g/mol. The van der Waals surface area contributed by atoms with Crippen LogP contribution in [0.15, 0.2) is 61.4 Å². The van der Waals surface area contributed by atoms with Gasteiger partial charge in [0.05, 0.1) is 12.8 Å². The van der Waals surface area contributed by atoms with Crippen LogP contribution in [-0.2, 0) is 29.2 Å². The molecule has 5 rings (SSSR count). The molecule has 3 aromatic heterocycles. The summed E-state index contributed by atoms with van der Waals surface area (Å²) in [7, 11) is 0. The first-order valence-electron chi connectivity index (χ1n) is 11.1. The number of pyridine rings is 2. The van der Waals surface area contributed by atoms with E-state index < -0.39 is 5.60 Å². The molecule has 2 aliphatic rings. The molecule has 0 unspecified atom stereocenters. The van der Waals surface area contributed by atoms with E-state index in [-0.39, 0.29) is 11.8 Å². The molecule has 0 aromatic carbocycles. The van der Waals surface area contributed by atoms with E-state index in [1.807, 2.05) is 40.2 Å². The zero-order valence-corrected chi connectivity index (χ0v) is 18.3. The molecule has 32 heavy (non-hydrogen) atoms. The minimum absolute atomic E-state index is 0.0566. The first-order valence-corrected chi connectivity index (χ1v) is 11.1. The maximum absolute atomic E-state index is 13.9. The SMILES string of the molecule is CCn1cc(CN2C[C@@H](c3cccnc3)[C@]3(C2)OCCN(Cc2ccncc2)C3=O)cn1. The third-order valence-electron chi connectivity index (χ3n) is 6.46. The summed E-state index contributed by atoms with van der Waals surface area (Å²) < 4.78 is 8.30. The summed E-state index contributed by atoms with van der Waals surface area (Å²) in [5.74, 6) is -0.0219. The largest absolute Gasteiger partial charge is 0.361 e. The lowest BCUT2D eigenvalue weighted by molar-refractivity contribution is -0.173. The Balaban J connectivity index is 1.43. The summed E-state index contributed by atoms with van der Waals surface area (Å²) in [6.07, 6.45) is 11.1. The average molecular weight is 433 g/mol. The Hall–Kier alpha value is -3.10. The first kappa shape index (κ1) is 20.8. The predicted octanol–water partition coefficient (Wildman–Crippen LogP) is 2.09. The predicted molar refractivity (Wildman–Crippen MR) is 118 cm³/mol. The van der Waals surface area contributed by atoms with Crippen molar-refractivity contribution in [2.75, 3.05) is 26.2 Å². The van der Waals surface area contributed by atoms with Gasteiger partial charge in [-0.05, 0) is 36.2 Å². The van der Waals surface area contributed by atoms with Crippen molar-refractivity contribution >= 4 is 5.91 Å². The number of hydrogen-bond acceptors (Lipinski definition) is 6. The van der Waals surface area contributed by atoms with Crippen LogP contribution < -0.4 is 0 Å². The van der Waals surface area contributed by atoms with Crippen molar-refractivity contribution in [1.29, 1.82) is 0 Å². The molecule has 2 aliphatic heterocycles. The molecule has 2 fully saturated rings. The van der Waals surface area contributed by atoms with E-state index in [4.69, 9.17) is 4.74 Å². The number of amides is 1. The van der Waals surface area contributed by atoms with Gasteiger partial charge in [0.15, 0.2) is 5.60 Å². The molecule has 2 atom stereocenters. The van der Waals surface area contributed by atoms with Gasteiger partial charge in [0.25, 0.3) is 5.91 Å². The Morgan fingerprint density at radius 3 is 2.72 bits per heavy atom. The van der Waals surface area contributed by atoms with Crippen LogP contribution in [0.2, 0.25) is 0 Å². The molecule has 1 amide bonds. The number of carbonyl (C=O) groups is 1. The maximum atomic E-state index is 13.9. The summed E-state index contributed by atoms with van der Waals surface area (Å²) in [6, 6.07) is 7.90. The smallest absolute Gasteiger partial charge is 0.257 e. The quantitative estimate of drug-likeness (QED) is 0.594. The summed E-state index contributed by atoms with van der Waals surface area (Å²) in [5, 5.41) is 4.40. The fourth-order valence-electron chi connectivity index (χ4n) is 4.90. The molecule has 1 spiro atoms. The molecule has 166 valence electrons. The Morgan fingerprint density at radius 2 is 1.97 bits per heavy atom. The second-order valence-corrected chi connectivity index (χ2v) is 8.53. The molecule has 0 saturated carbocycles. The highest BCUT2D eigenvalue weighted by Crippen LogP contribution is 2.42. The number of aryl methyl sites for hydroxylation is 1. The van der Waals surface area contributed by atoms with E-state index in [2.05, 4.69) is 39.2 Å². The number of hydrogen-bond donors (Lipinski definition) is 0. The van der Waals surface area contributed by atoms with Gasteiger partial charge in [-0.2, -0.15) is 5.10 Å². The third-order valence-corrected chi connectivity index (χ3v) is 6.46. The minimum atomic E-state index is -0.908. The van der Waals surface area contributed by atoms with E-state index in [0.29, 0.717) is 26.2 Å². The average Bonchev–Trinajstić information content (AvgIpc) is 3.43. The second-order valence-electron chi connectivity index (χ2n) is 8.53. The molecule has 0 N–H and O–H groups in total. The van der Waals surface area contributed by atoms with E-state index in [1.165, 1.54) is 0 Å². The number of morpholine rings is 1. The number of ether oxygens (including phenoxy) is 1. The maximum Gasteiger partial charge on any atom is 0.257 e. The molecule has 3 aromatic rings. The molecule has 8 heteroatoms. The molecule has 8 nitrogen and oxygen atoms in total. The van der Waals surface area contributed by atoms with Crippen LogP contribution in [0.5, 0.6) is 0 Å². The first-order chi connectivity index (χ1) is 15.7. The van der Waals surface area contributed by atoms with Crippen LogP contribution in [0.25, 0.3) is 0 Å². The lowest BCUT2D eigenvalue weighted by atomic mass is 9.83. The summed E-state index contributed by atoms with van der Waals surface area (Å²) in [6.45, 7) is 6.61. The van der Waals surface area contributed by atoms with E-state index in [1.54, 1.807) is 18.6 Å². The number of aromatic nitrogens is 4. The van der Waals surface area contributed by atoms with Crippen LogP contribution in [0.4, 0.5) is 0 Å². The highest BCUT2D eigenvalue weighted by atomic mass is 16.5. The van der Waals surface area contributed by atoms with Gasteiger partial charge in [0.2, 0.25) is 0 Å². The number of nitrogens with zero attached hydrogens (tertiary/aromatic N) is 6. The fraction of sp³-hybridized carbons (Fsp3) is 0.417. The van der Waals surface area contributed by atoms with Gasteiger partial charge in [-0.1, -0.05) is 6.07 Å². The van der Waals surface area contributed by atoms with Gasteiger partial charge in [-0.15, -0.1) is 0 Å². The standard InChI is InChI=1S/C24H28N6O2/c1-2-30-16-20(12-27-30)14-28-17-22(21-4-3-7-26-13-21)24(18-28)23(31)29(10-11-32-24)15-19-5-8-25-9-6-19/h3-9,12-13,16,22H,2,10-11,14-15,17-18H2,1H3/t22-,24-/m0/s1. The number of rotatable bonds is 6. The van der Waals surface area contributed by atoms with Crippen LogP contribution in [0.1, 0.15) is 29.5 Å².